The maximum atomic E-state index is 12.8. The predicted octanol–water partition coefficient (Wildman–Crippen LogP) is 0.794. The third kappa shape index (κ3) is 2.57. The Labute approximate surface area is 133 Å². The van der Waals surface area contributed by atoms with Gasteiger partial charge in [0.05, 0.1) is 12.2 Å². The fourth-order valence-electron chi connectivity index (χ4n) is 3.02. The van der Waals surface area contributed by atoms with Gasteiger partial charge in [-0.1, -0.05) is 6.92 Å². The molecule has 2 aromatic heterocycles. The van der Waals surface area contributed by atoms with Gasteiger partial charge in [0.1, 0.15) is 11.7 Å². The normalized spacial score (nSPS) is 16.5. The summed E-state index contributed by atoms with van der Waals surface area (Å²) in [6, 6.07) is 0.967. The number of pyridine rings is 1. The molecule has 3 heterocycles. The molecule has 0 spiro atoms. The molecule has 3 N–H and O–H groups in total. The van der Waals surface area contributed by atoms with Gasteiger partial charge in [0.25, 0.3) is 5.91 Å². The lowest BCUT2D eigenvalue weighted by Gasteiger charge is -2.33. The van der Waals surface area contributed by atoms with Crippen molar-refractivity contribution >= 4 is 22.8 Å². The number of carbonyl (C=O) groups excluding carboxylic acids is 2. The molecule has 2 atom stereocenters. The van der Waals surface area contributed by atoms with E-state index in [0.717, 1.165) is 10.9 Å². The third-order valence-corrected chi connectivity index (χ3v) is 4.22. The van der Waals surface area contributed by atoms with Gasteiger partial charge in [0.2, 0.25) is 5.91 Å². The predicted molar refractivity (Wildman–Crippen MR) is 84.7 cm³/mol. The van der Waals surface area contributed by atoms with Crippen LogP contribution in [0.5, 0.6) is 0 Å². The SMILES string of the molecule is CC[C@H](C(=O)NC(C)CO)N1Cc2ccnc3[nH]cc(c23)C1=O. The molecule has 2 amide bonds. The molecule has 1 aliphatic rings. The summed E-state index contributed by atoms with van der Waals surface area (Å²) in [7, 11) is 0. The quantitative estimate of drug-likeness (QED) is 0.759. The van der Waals surface area contributed by atoms with Crippen LogP contribution in [0.3, 0.4) is 0 Å². The minimum absolute atomic E-state index is 0.136. The highest BCUT2D eigenvalue weighted by molar-refractivity contribution is 6.10. The lowest BCUT2D eigenvalue weighted by molar-refractivity contribution is -0.126. The van der Waals surface area contributed by atoms with Gasteiger partial charge in [0, 0.05) is 30.4 Å². The van der Waals surface area contributed by atoms with E-state index in [1.54, 1.807) is 24.2 Å². The first-order valence-electron chi connectivity index (χ1n) is 7.74. The third-order valence-electron chi connectivity index (χ3n) is 4.22. The monoisotopic (exact) mass is 316 g/mol. The molecule has 1 aliphatic heterocycles. The number of rotatable bonds is 5. The van der Waals surface area contributed by atoms with Crippen molar-refractivity contribution in [3.8, 4) is 0 Å². The van der Waals surface area contributed by atoms with E-state index < -0.39 is 6.04 Å². The number of carbonyl (C=O) groups is 2. The van der Waals surface area contributed by atoms with Crippen molar-refractivity contribution in [3.05, 3.63) is 29.6 Å². The maximum Gasteiger partial charge on any atom is 0.257 e. The van der Waals surface area contributed by atoms with Crippen LogP contribution >= 0.6 is 0 Å². The number of hydrogen-bond acceptors (Lipinski definition) is 4. The van der Waals surface area contributed by atoms with E-state index in [4.69, 9.17) is 5.11 Å². The molecule has 0 fully saturated rings. The first kappa shape index (κ1) is 15.5. The smallest absolute Gasteiger partial charge is 0.257 e. The topological polar surface area (TPSA) is 98.3 Å². The Bertz CT molecular complexity index is 755. The van der Waals surface area contributed by atoms with Crippen molar-refractivity contribution in [3.63, 3.8) is 0 Å². The number of aliphatic hydroxyl groups is 1. The fourth-order valence-corrected chi connectivity index (χ4v) is 3.02. The lowest BCUT2D eigenvalue weighted by atomic mass is 10.00. The van der Waals surface area contributed by atoms with Crippen LogP contribution in [0.15, 0.2) is 18.5 Å². The molecule has 7 heteroatoms. The van der Waals surface area contributed by atoms with Crippen molar-refractivity contribution in [2.45, 2.75) is 38.9 Å². The van der Waals surface area contributed by atoms with E-state index >= 15 is 0 Å². The van der Waals surface area contributed by atoms with Crippen molar-refractivity contribution in [2.24, 2.45) is 0 Å². The zero-order chi connectivity index (χ0) is 16.6. The van der Waals surface area contributed by atoms with Crippen LogP contribution in [-0.2, 0) is 11.3 Å². The fraction of sp³-hybridized carbons (Fsp3) is 0.438. The average Bonchev–Trinajstić information content (AvgIpc) is 2.98. The van der Waals surface area contributed by atoms with Crippen LogP contribution in [0.1, 0.15) is 36.2 Å². The molecule has 0 radical (unpaired) electrons. The Kier molecular flexibility index (Phi) is 4.04. The summed E-state index contributed by atoms with van der Waals surface area (Å²) in [6.07, 6.45) is 3.85. The molecule has 23 heavy (non-hydrogen) atoms. The zero-order valence-corrected chi connectivity index (χ0v) is 13.2. The maximum absolute atomic E-state index is 12.8. The van der Waals surface area contributed by atoms with Crippen molar-refractivity contribution < 1.29 is 14.7 Å². The summed E-state index contributed by atoms with van der Waals surface area (Å²) in [5.41, 5.74) is 2.22. The molecule has 122 valence electrons. The Morgan fingerprint density at radius 3 is 3.04 bits per heavy atom. The van der Waals surface area contributed by atoms with Crippen LogP contribution in [0, 0.1) is 0 Å². The Balaban J connectivity index is 1.92. The summed E-state index contributed by atoms with van der Waals surface area (Å²) in [6.45, 7) is 3.83. The molecule has 0 saturated heterocycles. The van der Waals surface area contributed by atoms with Gasteiger partial charge in [0.15, 0.2) is 0 Å². The average molecular weight is 316 g/mol. The molecule has 7 nitrogen and oxygen atoms in total. The molecule has 3 rings (SSSR count). The van der Waals surface area contributed by atoms with Gasteiger partial charge in [-0.15, -0.1) is 0 Å². The standard InChI is InChI=1S/C16H20N4O3/c1-3-12(15(22)19-9(2)8-21)20-7-10-4-5-17-14-13(10)11(6-18-14)16(20)23/h4-6,9,12,21H,3,7-8H2,1-2H3,(H,17,18)(H,19,22)/t9?,12-/m1/s1. The van der Waals surface area contributed by atoms with Crippen molar-refractivity contribution in [2.75, 3.05) is 6.61 Å². The second-order valence-corrected chi connectivity index (χ2v) is 5.85. The highest BCUT2D eigenvalue weighted by Gasteiger charge is 2.34. The number of nitrogens with zero attached hydrogens (tertiary/aromatic N) is 2. The molecule has 1 unspecified atom stereocenters. The number of aromatic amines is 1. The molecular weight excluding hydrogens is 296 g/mol. The Hall–Kier alpha value is -2.41. The molecule has 0 aromatic carbocycles. The van der Waals surface area contributed by atoms with E-state index in [0.29, 0.717) is 24.2 Å². The van der Waals surface area contributed by atoms with Gasteiger partial charge >= 0.3 is 0 Å². The van der Waals surface area contributed by atoms with E-state index in [1.165, 1.54) is 0 Å². The van der Waals surface area contributed by atoms with Crippen LogP contribution in [0.4, 0.5) is 0 Å². The molecular formula is C16H20N4O3. The van der Waals surface area contributed by atoms with Crippen LogP contribution < -0.4 is 5.32 Å². The number of hydrogen-bond donors (Lipinski definition) is 3. The van der Waals surface area contributed by atoms with Gasteiger partial charge in [-0.25, -0.2) is 4.98 Å². The van der Waals surface area contributed by atoms with Gasteiger partial charge in [-0.3, -0.25) is 9.59 Å². The summed E-state index contributed by atoms with van der Waals surface area (Å²) in [4.78, 5) is 34.0. The van der Waals surface area contributed by atoms with Crippen LogP contribution in [0.25, 0.3) is 11.0 Å². The highest BCUT2D eigenvalue weighted by atomic mass is 16.3. The van der Waals surface area contributed by atoms with Crippen molar-refractivity contribution in [1.82, 2.24) is 20.2 Å². The van der Waals surface area contributed by atoms with Gasteiger partial charge in [-0.2, -0.15) is 0 Å². The van der Waals surface area contributed by atoms with E-state index in [2.05, 4.69) is 15.3 Å². The number of aliphatic hydroxyl groups excluding tert-OH is 1. The van der Waals surface area contributed by atoms with E-state index in [-0.39, 0.29) is 24.5 Å². The number of nitrogens with one attached hydrogen (secondary N) is 2. The van der Waals surface area contributed by atoms with Gasteiger partial charge < -0.3 is 20.3 Å². The molecule has 2 aromatic rings. The summed E-state index contributed by atoms with van der Waals surface area (Å²) < 4.78 is 0. The number of aromatic nitrogens is 2. The minimum atomic E-state index is -0.567. The van der Waals surface area contributed by atoms with E-state index in [9.17, 15) is 9.59 Å². The minimum Gasteiger partial charge on any atom is -0.394 e. The van der Waals surface area contributed by atoms with Crippen LogP contribution in [0.2, 0.25) is 0 Å². The number of amides is 2. The largest absolute Gasteiger partial charge is 0.394 e. The van der Waals surface area contributed by atoms with E-state index in [1.807, 2.05) is 13.0 Å². The molecule has 0 saturated carbocycles. The lowest BCUT2D eigenvalue weighted by Crippen LogP contribution is -2.52. The Morgan fingerprint density at radius 1 is 1.57 bits per heavy atom. The second kappa shape index (κ2) is 6.00. The first-order valence-corrected chi connectivity index (χ1v) is 7.74. The zero-order valence-electron chi connectivity index (χ0n) is 13.2. The number of H-pyrrole nitrogens is 1. The summed E-state index contributed by atoms with van der Waals surface area (Å²) >= 11 is 0. The summed E-state index contributed by atoms with van der Waals surface area (Å²) in [5, 5.41) is 12.7. The second-order valence-electron chi connectivity index (χ2n) is 5.85. The molecule has 0 aliphatic carbocycles. The van der Waals surface area contributed by atoms with Crippen LogP contribution in [-0.4, -0.2) is 50.5 Å². The summed E-state index contributed by atoms with van der Waals surface area (Å²) in [5.74, 6) is -0.415. The van der Waals surface area contributed by atoms with Gasteiger partial charge in [-0.05, 0) is 25.0 Å². The molecule has 0 bridgehead atoms. The first-order chi connectivity index (χ1) is 11.1. The Morgan fingerprint density at radius 2 is 2.35 bits per heavy atom. The highest BCUT2D eigenvalue weighted by Crippen LogP contribution is 2.30. The van der Waals surface area contributed by atoms with Crippen molar-refractivity contribution in [1.29, 1.82) is 0 Å².